The number of hydrogen-bond donors (Lipinski definition) is 1. The number of carbonyl (C=O) groups is 1. The molecule has 5 heteroatoms. The lowest BCUT2D eigenvalue weighted by Crippen LogP contribution is -2.48. The van der Waals surface area contributed by atoms with Crippen molar-refractivity contribution in [2.45, 2.75) is 19.4 Å². The van der Waals surface area contributed by atoms with Gasteiger partial charge in [-0.3, -0.25) is 4.79 Å². The molecule has 0 radical (unpaired) electrons. The van der Waals surface area contributed by atoms with Crippen molar-refractivity contribution < 1.29 is 14.3 Å². The van der Waals surface area contributed by atoms with Crippen LogP contribution in [0, 0.1) is 11.8 Å². The van der Waals surface area contributed by atoms with Crippen LogP contribution in [0.25, 0.3) is 0 Å². The predicted molar refractivity (Wildman–Crippen MR) is 65.6 cm³/mol. The molecule has 1 amide bonds. The van der Waals surface area contributed by atoms with Gasteiger partial charge in [0.2, 0.25) is 5.76 Å². The van der Waals surface area contributed by atoms with E-state index in [1.54, 1.807) is 0 Å². The van der Waals surface area contributed by atoms with Gasteiger partial charge in [-0.1, -0.05) is 0 Å². The van der Waals surface area contributed by atoms with Crippen LogP contribution in [0.4, 0.5) is 0 Å². The summed E-state index contributed by atoms with van der Waals surface area (Å²) >= 11 is 0. The largest absolute Gasteiger partial charge is 0.494 e. The fraction of sp³-hybridized carbons (Fsp3) is 0.769. The van der Waals surface area contributed by atoms with E-state index >= 15 is 0 Å². The number of amides is 1. The summed E-state index contributed by atoms with van der Waals surface area (Å²) in [6.07, 6.45) is 1.45. The van der Waals surface area contributed by atoms with Gasteiger partial charge in [-0.05, 0) is 25.7 Å². The molecule has 2 unspecified atom stereocenters. The fourth-order valence-electron chi connectivity index (χ4n) is 3.38. The predicted octanol–water partition coefficient (Wildman–Crippen LogP) is 0.331. The van der Waals surface area contributed by atoms with Crippen molar-refractivity contribution >= 4 is 5.91 Å². The van der Waals surface area contributed by atoms with E-state index in [-0.39, 0.29) is 11.4 Å². The van der Waals surface area contributed by atoms with E-state index in [1.807, 2.05) is 4.90 Å². The highest BCUT2D eigenvalue weighted by Crippen LogP contribution is 2.41. The van der Waals surface area contributed by atoms with E-state index in [0.717, 1.165) is 19.6 Å². The molecule has 3 aliphatic heterocycles. The molecule has 1 N–H and O–H groups in total. The molecule has 0 aromatic rings. The number of ether oxygens (including phenoxy) is 2. The molecular formula is C13H20N2O3. The Morgan fingerprint density at radius 1 is 1.44 bits per heavy atom. The van der Waals surface area contributed by atoms with Gasteiger partial charge >= 0.3 is 0 Å². The number of fused-ring (bicyclic) bond motifs is 1. The molecule has 3 heterocycles. The van der Waals surface area contributed by atoms with Crippen LogP contribution in [-0.4, -0.2) is 49.2 Å². The van der Waals surface area contributed by atoms with Crippen molar-refractivity contribution in [1.29, 1.82) is 0 Å². The number of hydrogen-bond acceptors (Lipinski definition) is 4. The third kappa shape index (κ3) is 1.68. The number of nitrogens with one attached hydrogen (secondary N) is 1. The Labute approximate surface area is 107 Å². The zero-order chi connectivity index (χ0) is 12.8. The first kappa shape index (κ1) is 11.8. The lowest BCUT2D eigenvalue weighted by molar-refractivity contribution is -0.136. The van der Waals surface area contributed by atoms with Crippen LogP contribution in [0.2, 0.25) is 0 Å². The van der Waals surface area contributed by atoms with Gasteiger partial charge in [0.25, 0.3) is 5.91 Å². The second kappa shape index (κ2) is 4.16. The second-order valence-corrected chi connectivity index (χ2v) is 5.80. The van der Waals surface area contributed by atoms with Gasteiger partial charge in [-0.15, -0.1) is 0 Å². The lowest BCUT2D eigenvalue weighted by Gasteiger charge is -2.36. The average molecular weight is 252 g/mol. The maximum atomic E-state index is 12.5. The van der Waals surface area contributed by atoms with Crippen molar-refractivity contribution in [3.63, 3.8) is 0 Å². The Hall–Kier alpha value is -1.23. The summed E-state index contributed by atoms with van der Waals surface area (Å²) in [5.41, 5.74) is -0.118. The van der Waals surface area contributed by atoms with E-state index in [1.165, 1.54) is 6.26 Å². The summed E-state index contributed by atoms with van der Waals surface area (Å²) in [6, 6.07) is 0. The van der Waals surface area contributed by atoms with Crippen LogP contribution < -0.4 is 5.32 Å². The summed E-state index contributed by atoms with van der Waals surface area (Å²) in [4.78, 5) is 14.4. The molecule has 5 nitrogen and oxygen atoms in total. The van der Waals surface area contributed by atoms with Crippen LogP contribution in [0.3, 0.4) is 0 Å². The van der Waals surface area contributed by atoms with E-state index in [4.69, 9.17) is 9.47 Å². The van der Waals surface area contributed by atoms with Gasteiger partial charge in [0, 0.05) is 25.2 Å². The molecule has 0 saturated carbocycles. The molecule has 18 heavy (non-hydrogen) atoms. The zero-order valence-electron chi connectivity index (χ0n) is 10.9. The first-order valence-electron chi connectivity index (χ1n) is 6.58. The molecule has 0 aromatic carbocycles. The van der Waals surface area contributed by atoms with Gasteiger partial charge in [-0.2, -0.15) is 0 Å². The molecule has 2 saturated heterocycles. The van der Waals surface area contributed by atoms with E-state index < -0.39 is 0 Å². The quantitative estimate of drug-likeness (QED) is 0.731. The Morgan fingerprint density at radius 2 is 2.28 bits per heavy atom. The fourth-order valence-corrected chi connectivity index (χ4v) is 3.38. The van der Waals surface area contributed by atoms with Crippen LogP contribution in [-0.2, 0) is 14.3 Å². The zero-order valence-corrected chi connectivity index (χ0v) is 10.9. The molecule has 2 atom stereocenters. The van der Waals surface area contributed by atoms with E-state index in [9.17, 15) is 4.79 Å². The van der Waals surface area contributed by atoms with Crippen molar-refractivity contribution in [3.05, 3.63) is 12.0 Å². The van der Waals surface area contributed by atoms with Crippen LogP contribution in [0.15, 0.2) is 12.0 Å². The Morgan fingerprint density at radius 3 is 2.94 bits per heavy atom. The van der Waals surface area contributed by atoms with Gasteiger partial charge in [0.1, 0.15) is 19.5 Å². The van der Waals surface area contributed by atoms with Crippen LogP contribution >= 0.6 is 0 Å². The second-order valence-electron chi connectivity index (χ2n) is 5.80. The third-order valence-corrected chi connectivity index (χ3v) is 4.47. The number of carbonyl (C=O) groups excluding carboxylic acids is 1. The van der Waals surface area contributed by atoms with Gasteiger partial charge in [0.05, 0.1) is 0 Å². The van der Waals surface area contributed by atoms with Crippen molar-refractivity contribution in [2.75, 3.05) is 32.8 Å². The Kier molecular flexibility index (Phi) is 2.73. The first-order chi connectivity index (χ1) is 8.60. The molecule has 0 aromatic heterocycles. The van der Waals surface area contributed by atoms with E-state index in [0.29, 0.717) is 30.8 Å². The standard InChI is InChI=1S/C13H20N2O3/c1-13(2)10-6-14-5-9(10)7-15(13)12(16)11-8-17-3-4-18-11/h8-10,14H,3-7H2,1-2H3. The molecule has 100 valence electrons. The molecule has 3 aliphatic rings. The highest BCUT2D eigenvalue weighted by atomic mass is 16.6. The van der Waals surface area contributed by atoms with Crippen LogP contribution in [0.1, 0.15) is 13.8 Å². The summed E-state index contributed by atoms with van der Waals surface area (Å²) < 4.78 is 10.6. The summed E-state index contributed by atoms with van der Waals surface area (Å²) in [5, 5.41) is 3.41. The average Bonchev–Trinajstić information content (AvgIpc) is 2.92. The SMILES string of the molecule is CC1(C)C2CNCC2CN1C(=O)C1=COCCO1. The summed E-state index contributed by atoms with van der Waals surface area (Å²) in [5.74, 6) is 1.41. The minimum Gasteiger partial charge on any atom is -0.494 e. The topological polar surface area (TPSA) is 50.8 Å². The van der Waals surface area contributed by atoms with Gasteiger partial charge in [-0.25, -0.2) is 0 Å². The van der Waals surface area contributed by atoms with Gasteiger partial charge in [0.15, 0.2) is 0 Å². The monoisotopic (exact) mass is 252 g/mol. The van der Waals surface area contributed by atoms with Crippen molar-refractivity contribution in [1.82, 2.24) is 10.2 Å². The summed E-state index contributed by atoms with van der Waals surface area (Å²) in [7, 11) is 0. The minimum absolute atomic E-state index is 0.0332. The maximum absolute atomic E-state index is 12.5. The van der Waals surface area contributed by atoms with Crippen LogP contribution in [0.5, 0.6) is 0 Å². The van der Waals surface area contributed by atoms with Crippen molar-refractivity contribution in [3.8, 4) is 0 Å². The van der Waals surface area contributed by atoms with E-state index in [2.05, 4.69) is 19.2 Å². The number of nitrogens with zero attached hydrogens (tertiary/aromatic N) is 1. The number of rotatable bonds is 1. The molecule has 0 aliphatic carbocycles. The Balaban J connectivity index is 1.80. The molecule has 2 fully saturated rings. The third-order valence-electron chi connectivity index (χ3n) is 4.47. The smallest absolute Gasteiger partial charge is 0.292 e. The lowest BCUT2D eigenvalue weighted by atomic mass is 9.85. The molecule has 0 bridgehead atoms. The number of likely N-dealkylation sites (tertiary alicyclic amines) is 1. The molecule has 3 rings (SSSR count). The highest BCUT2D eigenvalue weighted by molar-refractivity contribution is 5.92. The first-order valence-corrected chi connectivity index (χ1v) is 6.58. The molecular weight excluding hydrogens is 232 g/mol. The normalized spacial score (nSPS) is 33.4. The summed E-state index contributed by atoms with van der Waals surface area (Å²) in [6.45, 7) is 8.09. The van der Waals surface area contributed by atoms with Crippen molar-refractivity contribution in [2.24, 2.45) is 11.8 Å². The van der Waals surface area contributed by atoms with Gasteiger partial charge < -0.3 is 19.7 Å². The maximum Gasteiger partial charge on any atom is 0.292 e. The Bertz CT molecular complexity index is 392. The molecule has 0 spiro atoms. The minimum atomic E-state index is -0.118. The highest BCUT2D eigenvalue weighted by Gasteiger charge is 2.52.